The van der Waals surface area contributed by atoms with Gasteiger partial charge < -0.3 is 4.74 Å². The maximum Gasteiger partial charge on any atom is 0.216 e. The van der Waals surface area contributed by atoms with Gasteiger partial charge in [-0.1, -0.05) is 12.7 Å². The quantitative estimate of drug-likeness (QED) is 0.532. The number of hydrogen-bond acceptors (Lipinski definition) is 2. The second kappa shape index (κ2) is 3.20. The largest absolute Gasteiger partial charge is 0.477 e. The summed E-state index contributed by atoms with van der Waals surface area (Å²) in [4.78, 5) is 4.04. The highest BCUT2D eigenvalue weighted by atomic mass is 16.5. The van der Waals surface area contributed by atoms with Crippen LogP contribution in [-0.2, 0) is 4.74 Å². The average molecular weight is 137 g/mol. The fraction of sp³-hybridized carbons (Fsp3) is 0.375. The van der Waals surface area contributed by atoms with Crippen molar-refractivity contribution >= 4 is 6.21 Å². The summed E-state index contributed by atoms with van der Waals surface area (Å²) >= 11 is 0. The molecule has 0 N–H and O–H groups in total. The maximum atomic E-state index is 5.21. The van der Waals surface area contributed by atoms with Gasteiger partial charge in [0.2, 0.25) is 5.88 Å². The van der Waals surface area contributed by atoms with Gasteiger partial charge in [0, 0.05) is 18.2 Å². The lowest BCUT2D eigenvalue weighted by molar-refractivity contribution is 0.243. The highest BCUT2D eigenvalue weighted by molar-refractivity contribution is 5.55. The Labute approximate surface area is 60.9 Å². The predicted molar refractivity (Wildman–Crippen MR) is 42.0 cm³/mol. The van der Waals surface area contributed by atoms with Crippen molar-refractivity contribution in [1.82, 2.24) is 0 Å². The minimum absolute atomic E-state index is 0.734. The molecule has 1 rings (SSSR count). The van der Waals surface area contributed by atoms with Gasteiger partial charge in [0.1, 0.15) is 0 Å². The van der Waals surface area contributed by atoms with E-state index >= 15 is 0 Å². The molecule has 0 aromatic heterocycles. The van der Waals surface area contributed by atoms with Crippen LogP contribution < -0.4 is 0 Å². The molecule has 1 heterocycles. The van der Waals surface area contributed by atoms with Gasteiger partial charge in [-0.25, -0.2) is 4.99 Å². The van der Waals surface area contributed by atoms with E-state index in [1.807, 2.05) is 6.92 Å². The second-order valence-electron chi connectivity index (χ2n) is 2.02. The normalized spacial score (nSPS) is 18.1. The summed E-state index contributed by atoms with van der Waals surface area (Å²) in [6.45, 7) is 6.28. The number of rotatable bonds is 2. The van der Waals surface area contributed by atoms with Gasteiger partial charge in [-0.15, -0.1) is 0 Å². The summed E-state index contributed by atoms with van der Waals surface area (Å²) in [5.41, 5.74) is 1.11. The van der Waals surface area contributed by atoms with Crippen molar-refractivity contribution in [3.8, 4) is 0 Å². The lowest BCUT2D eigenvalue weighted by Gasteiger charge is -1.93. The first-order valence-corrected chi connectivity index (χ1v) is 3.35. The third-order valence-electron chi connectivity index (χ3n) is 1.38. The Morgan fingerprint density at radius 3 is 3.10 bits per heavy atom. The van der Waals surface area contributed by atoms with Crippen LogP contribution in [0.15, 0.2) is 29.1 Å². The molecule has 1 aliphatic heterocycles. The Hall–Kier alpha value is -1.05. The molecular weight excluding hydrogens is 126 g/mol. The van der Waals surface area contributed by atoms with E-state index < -0.39 is 0 Å². The molecule has 0 saturated heterocycles. The van der Waals surface area contributed by atoms with Crippen LogP contribution in [0.2, 0.25) is 0 Å². The number of aliphatic imine (C=N–C) groups is 1. The first-order valence-electron chi connectivity index (χ1n) is 3.35. The van der Waals surface area contributed by atoms with Crippen LogP contribution in [0.1, 0.15) is 13.3 Å². The molecule has 0 radical (unpaired) electrons. The fourth-order valence-electron chi connectivity index (χ4n) is 0.884. The number of nitrogens with zero attached hydrogens (tertiary/aromatic N) is 1. The zero-order valence-corrected chi connectivity index (χ0v) is 6.13. The van der Waals surface area contributed by atoms with Crippen molar-refractivity contribution in [2.45, 2.75) is 13.3 Å². The van der Waals surface area contributed by atoms with Crippen molar-refractivity contribution in [3.05, 3.63) is 24.1 Å². The topological polar surface area (TPSA) is 21.6 Å². The van der Waals surface area contributed by atoms with Crippen LogP contribution in [0.3, 0.4) is 0 Å². The first-order chi connectivity index (χ1) is 4.88. The van der Waals surface area contributed by atoms with Gasteiger partial charge >= 0.3 is 0 Å². The molecule has 0 aromatic carbocycles. The van der Waals surface area contributed by atoms with Crippen molar-refractivity contribution in [3.63, 3.8) is 0 Å². The van der Waals surface area contributed by atoms with E-state index in [-0.39, 0.29) is 0 Å². The van der Waals surface area contributed by atoms with Crippen molar-refractivity contribution < 1.29 is 4.74 Å². The van der Waals surface area contributed by atoms with E-state index in [1.54, 1.807) is 12.3 Å². The van der Waals surface area contributed by atoms with E-state index in [4.69, 9.17) is 4.74 Å². The number of ether oxygens (including phenoxy) is 1. The Balaban J connectivity index is 2.77. The molecule has 0 fully saturated rings. The molecular formula is C8H11NO. The minimum Gasteiger partial charge on any atom is -0.477 e. The van der Waals surface area contributed by atoms with Gasteiger partial charge in [-0.3, -0.25) is 0 Å². The zero-order chi connectivity index (χ0) is 7.40. The molecule has 0 aromatic rings. The standard InChI is InChI=1S/C8H11NO/c1-3-7-5-6-10-8(7)9-4-2/h3-4H,1,5-6H2,2H3/b9-4-. The van der Waals surface area contributed by atoms with Gasteiger partial charge in [0.05, 0.1) is 6.61 Å². The van der Waals surface area contributed by atoms with Crippen molar-refractivity contribution in [1.29, 1.82) is 0 Å². The molecule has 2 nitrogen and oxygen atoms in total. The number of hydrogen-bond donors (Lipinski definition) is 0. The lowest BCUT2D eigenvalue weighted by atomic mass is 10.2. The van der Waals surface area contributed by atoms with Gasteiger partial charge in [0.15, 0.2) is 0 Å². The molecule has 1 aliphatic rings. The van der Waals surface area contributed by atoms with Crippen LogP contribution in [0.4, 0.5) is 0 Å². The van der Waals surface area contributed by atoms with Crippen LogP contribution in [0.5, 0.6) is 0 Å². The summed E-state index contributed by atoms with van der Waals surface area (Å²) in [5, 5.41) is 0. The van der Waals surface area contributed by atoms with Gasteiger partial charge in [-0.2, -0.15) is 0 Å². The zero-order valence-electron chi connectivity index (χ0n) is 6.13. The summed E-state index contributed by atoms with van der Waals surface area (Å²) in [6.07, 6.45) is 4.47. The molecule has 0 saturated carbocycles. The Morgan fingerprint density at radius 1 is 1.70 bits per heavy atom. The maximum absolute atomic E-state index is 5.21. The predicted octanol–water partition coefficient (Wildman–Crippen LogP) is 1.89. The molecule has 0 spiro atoms. The summed E-state index contributed by atoms with van der Waals surface area (Å²) in [5.74, 6) is 0.734. The monoisotopic (exact) mass is 137 g/mol. The summed E-state index contributed by atoms with van der Waals surface area (Å²) < 4.78 is 5.21. The smallest absolute Gasteiger partial charge is 0.216 e. The highest BCUT2D eigenvalue weighted by Crippen LogP contribution is 2.19. The molecule has 0 amide bonds. The fourth-order valence-corrected chi connectivity index (χ4v) is 0.884. The lowest BCUT2D eigenvalue weighted by Crippen LogP contribution is -1.80. The Morgan fingerprint density at radius 2 is 2.50 bits per heavy atom. The minimum atomic E-state index is 0.734. The molecule has 0 aliphatic carbocycles. The average Bonchev–Trinajstić information content (AvgIpc) is 2.36. The summed E-state index contributed by atoms with van der Waals surface area (Å²) in [6, 6.07) is 0. The van der Waals surface area contributed by atoms with E-state index in [2.05, 4.69) is 11.6 Å². The van der Waals surface area contributed by atoms with Crippen LogP contribution in [-0.4, -0.2) is 12.8 Å². The molecule has 0 unspecified atom stereocenters. The third kappa shape index (κ3) is 1.26. The molecule has 0 atom stereocenters. The molecule has 10 heavy (non-hydrogen) atoms. The van der Waals surface area contributed by atoms with E-state index in [1.165, 1.54) is 0 Å². The van der Waals surface area contributed by atoms with E-state index in [0.717, 1.165) is 24.5 Å². The highest BCUT2D eigenvalue weighted by Gasteiger charge is 2.10. The van der Waals surface area contributed by atoms with Crippen LogP contribution >= 0.6 is 0 Å². The van der Waals surface area contributed by atoms with Crippen molar-refractivity contribution in [2.24, 2.45) is 4.99 Å². The third-order valence-corrected chi connectivity index (χ3v) is 1.38. The Kier molecular flexibility index (Phi) is 2.26. The van der Waals surface area contributed by atoms with E-state index in [9.17, 15) is 0 Å². The van der Waals surface area contributed by atoms with Gasteiger partial charge in [-0.05, 0) is 6.92 Å². The second-order valence-corrected chi connectivity index (χ2v) is 2.02. The number of allylic oxidation sites excluding steroid dienone is 1. The molecule has 54 valence electrons. The molecule has 0 bridgehead atoms. The molecule has 2 heteroatoms. The van der Waals surface area contributed by atoms with Gasteiger partial charge in [0.25, 0.3) is 0 Å². The SMILES string of the molecule is C=CC1=C(/N=C\C)OCC1. The van der Waals surface area contributed by atoms with Crippen molar-refractivity contribution in [2.75, 3.05) is 6.61 Å². The van der Waals surface area contributed by atoms with Crippen LogP contribution in [0, 0.1) is 0 Å². The van der Waals surface area contributed by atoms with E-state index in [0.29, 0.717) is 0 Å². The first kappa shape index (κ1) is 7.06. The van der Waals surface area contributed by atoms with Crippen LogP contribution in [0.25, 0.3) is 0 Å². The Bertz CT molecular complexity index is 191. The summed E-state index contributed by atoms with van der Waals surface area (Å²) in [7, 11) is 0.